The quantitative estimate of drug-likeness (QED) is 0.604. The second-order valence-corrected chi connectivity index (χ2v) is 7.48. The zero-order chi connectivity index (χ0) is 20.6. The molecule has 1 unspecified atom stereocenters. The molecule has 0 aromatic heterocycles. The highest BCUT2D eigenvalue weighted by Crippen LogP contribution is 2.18. The molecule has 0 heterocycles. The minimum Gasteiger partial charge on any atom is -0.483 e. The summed E-state index contributed by atoms with van der Waals surface area (Å²) in [4.78, 5) is 36.2. The van der Waals surface area contributed by atoms with E-state index in [9.17, 15) is 14.4 Å². The normalized spacial score (nSPS) is 11.9. The zero-order valence-corrected chi connectivity index (χ0v) is 17.0. The SMILES string of the molecule is Cc1ccc(C)c(OCC(=O)NNC(=O)C(NC(=O)CC(C)C)C(C)C)c1. The maximum atomic E-state index is 12.3. The molecule has 0 aliphatic carbocycles. The van der Waals surface area contributed by atoms with Crippen molar-refractivity contribution in [3.8, 4) is 5.75 Å². The number of carbonyl (C=O) groups is 3. The fraction of sp³-hybridized carbons (Fsp3) is 0.550. The second kappa shape index (κ2) is 10.5. The fourth-order valence-electron chi connectivity index (χ4n) is 2.39. The van der Waals surface area contributed by atoms with Gasteiger partial charge in [0.1, 0.15) is 11.8 Å². The third-order valence-electron chi connectivity index (χ3n) is 3.89. The third kappa shape index (κ3) is 8.11. The summed E-state index contributed by atoms with van der Waals surface area (Å²) in [6.07, 6.45) is 0.340. The summed E-state index contributed by atoms with van der Waals surface area (Å²) in [5, 5.41) is 2.71. The lowest BCUT2D eigenvalue weighted by Gasteiger charge is -2.22. The Morgan fingerprint density at radius 2 is 1.67 bits per heavy atom. The number of hydrogen-bond acceptors (Lipinski definition) is 4. The van der Waals surface area contributed by atoms with E-state index >= 15 is 0 Å². The van der Waals surface area contributed by atoms with E-state index in [2.05, 4.69) is 16.2 Å². The molecular weight excluding hydrogens is 346 g/mol. The Labute approximate surface area is 161 Å². The Bertz CT molecular complexity index is 671. The summed E-state index contributed by atoms with van der Waals surface area (Å²) in [5.74, 6) is -0.449. The van der Waals surface area contributed by atoms with Gasteiger partial charge in [0.2, 0.25) is 5.91 Å². The van der Waals surface area contributed by atoms with E-state index in [0.717, 1.165) is 11.1 Å². The molecule has 1 aromatic rings. The Hall–Kier alpha value is -2.57. The molecule has 3 amide bonds. The molecule has 0 aliphatic rings. The van der Waals surface area contributed by atoms with Crippen molar-refractivity contribution in [3.63, 3.8) is 0 Å². The van der Waals surface area contributed by atoms with Crippen molar-refractivity contribution in [2.45, 2.75) is 54.0 Å². The molecule has 0 fully saturated rings. The van der Waals surface area contributed by atoms with E-state index in [4.69, 9.17) is 4.74 Å². The van der Waals surface area contributed by atoms with Gasteiger partial charge >= 0.3 is 0 Å². The first-order valence-corrected chi connectivity index (χ1v) is 9.18. The van der Waals surface area contributed by atoms with E-state index in [0.29, 0.717) is 12.2 Å². The zero-order valence-electron chi connectivity index (χ0n) is 17.0. The van der Waals surface area contributed by atoms with Crippen molar-refractivity contribution < 1.29 is 19.1 Å². The Kier molecular flexibility index (Phi) is 8.78. The summed E-state index contributed by atoms with van der Waals surface area (Å²) in [6, 6.07) is 5.00. The first-order chi connectivity index (χ1) is 12.6. The number of benzene rings is 1. The number of amides is 3. The lowest BCUT2D eigenvalue weighted by molar-refractivity contribution is -0.133. The van der Waals surface area contributed by atoms with Crippen LogP contribution in [0.3, 0.4) is 0 Å². The maximum Gasteiger partial charge on any atom is 0.276 e. The van der Waals surface area contributed by atoms with Gasteiger partial charge in [-0.1, -0.05) is 39.8 Å². The summed E-state index contributed by atoms with van der Waals surface area (Å²) >= 11 is 0. The topological polar surface area (TPSA) is 96.5 Å². The molecule has 0 spiro atoms. The van der Waals surface area contributed by atoms with Crippen molar-refractivity contribution >= 4 is 17.7 Å². The molecule has 7 heteroatoms. The van der Waals surface area contributed by atoms with Gasteiger partial charge in [-0.3, -0.25) is 25.2 Å². The van der Waals surface area contributed by atoms with Crippen molar-refractivity contribution in [1.82, 2.24) is 16.2 Å². The Balaban J connectivity index is 2.51. The molecule has 1 rings (SSSR count). The maximum absolute atomic E-state index is 12.3. The Morgan fingerprint density at radius 1 is 1.00 bits per heavy atom. The average Bonchev–Trinajstić information content (AvgIpc) is 2.57. The first-order valence-electron chi connectivity index (χ1n) is 9.18. The molecule has 0 radical (unpaired) electrons. The third-order valence-corrected chi connectivity index (χ3v) is 3.89. The highest BCUT2D eigenvalue weighted by Gasteiger charge is 2.24. The molecule has 27 heavy (non-hydrogen) atoms. The van der Waals surface area contributed by atoms with Gasteiger partial charge in [0, 0.05) is 6.42 Å². The summed E-state index contributed by atoms with van der Waals surface area (Å²) in [7, 11) is 0. The van der Waals surface area contributed by atoms with Crippen LogP contribution in [-0.2, 0) is 14.4 Å². The highest BCUT2D eigenvalue weighted by molar-refractivity contribution is 5.89. The first kappa shape index (κ1) is 22.5. The monoisotopic (exact) mass is 377 g/mol. The molecule has 3 N–H and O–H groups in total. The second-order valence-electron chi connectivity index (χ2n) is 7.48. The van der Waals surface area contributed by atoms with Crippen LogP contribution in [0.5, 0.6) is 5.75 Å². The molecule has 0 saturated carbocycles. The van der Waals surface area contributed by atoms with Crippen LogP contribution in [0, 0.1) is 25.7 Å². The number of carbonyl (C=O) groups excluding carboxylic acids is 3. The van der Waals surface area contributed by atoms with Gasteiger partial charge in [-0.15, -0.1) is 0 Å². The van der Waals surface area contributed by atoms with E-state index in [1.807, 2.05) is 59.7 Å². The van der Waals surface area contributed by atoms with Crippen LogP contribution in [-0.4, -0.2) is 30.4 Å². The largest absolute Gasteiger partial charge is 0.483 e. The van der Waals surface area contributed by atoms with Crippen LogP contribution in [0.4, 0.5) is 0 Å². The number of hydrazine groups is 1. The average molecular weight is 377 g/mol. The van der Waals surface area contributed by atoms with E-state index in [1.165, 1.54) is 0 Å². The number of ether oxygens (including phenoxy) is 1. The molecular formula is C20H31N3O4. The van der Waals surface area contributed by atoms with Gasteiger partial charge in [0.25, 0.3) is 11.8 Å². The minimum absolute atomic E-state index is 0.121. The molecule has 0 saturated heterocycles. The van der Waals surface area contributed by atoms with Gasteiger partial charge in [-0.2, -0.15) is 0 Å². The van der Waals surface area contributed by atoms with Crippen LogP contribution >= 0.6 is 0 Å². The molecule has 1 atom stereocenters. The molecule has 0 bridgehead atoms. The fourth-order valence-corrected chi connectivity index (χ4v) is 2.39. The highest BCUT2D eigenvalue weighted by atomic mass is 16.5. The molecule has 150 valence electrons. The van der Waals surface area contributed by atoms with Crippen LogP contribution in [0.25, 0.3) is 0 Å². The number of hydrogen-bond donors (Lipinski definition) is 3. The van der Waals surface area contributed by atoms with E-state index < -0.39 is 17.9 Å². The van der Waals surface area contributed by atoms with Gasteiger partial charge in [0.15, 0.2) is 6.61 Å². The van der Waals surface area contributed by atoms with Crippen LogP contribution in [0.2, 0.25) is 0 Å². The van der Waals surface area contributed by atoms with Crippen molar-refractivity contribution in [2.24, 2.45) is 11.8 Å². The summed E-state index contributed by atoms with van der Waals surface area (Å²) in [5.41, 5.74) is 6.62. The van der Waals surface area contributed by atoms with Crippen molar-refractivity contribution in [3.05, 3.63) is 29.3 Å². The minimum atomic E-state index is -0.725. The van der Waals surface area contributed by atoms with Gasteiger partial charge in [-0.05, 0) is 42.9 Å². The van der Waals surface area contributed by atoms with Gasteiger partial charge in [-0.25, -0.2) is 0 Å². The summed E-state index contributed by atoms with van der Waals surface area (Å²) in [6.45, 7) is 11.1. The number of aryl methyl sites for hydroxylation is 2. The van der Waals surface area contributed by atoms with E-state index in [-0.39, 0.29) is 24.3 Å². The van der Waals surface area contributed by atoms with Crippen LogP contribution in [0.15, 0.2) is 18.2 Å². The lowest BCUT2D eigenvalue weighted by Crippen LogP contribution is -2.55. The predicted octanol–water partition coefficient (Wildman–Crippen LogP) is 2.02. The molecule has 1 aromatic carbocycles. The standard InChI is InChI=1S/C20H31N3O4/c1-12(2)9-17(24)21-19(13(3)4)20(26)23-22-18(25)11-27-16-10-14(5)7-8-15(16)6/h7-8,10,12-13,19H,9,11H2,1-6H3,(H,21,24)(H,22,25)(H,23,26). The molecule has 0 aliphatic heterocycles. The van der Waals surface area contributed by atoms with Gasteiger partial charge in [0.05, 0.1) is 0 Å². The smallest absolute Gasteiger partial charge is 0.276 e. The summed E-state index contributed by atoms with van der Waals surface area (Å²) < 4.78 is 5.49. The van der Waals surface area contributed by atoms with Crippen LogP contribution in [0.1, 0.15) is 45.2 Å². The van der Waals surface area contributed by atoms with Crippen molar-refractivity contribution in [1.29, 1.82) is 0 Å². The number of nitrogens with one attached hydrogen (secondary N) is 3. The van der Waals surface area contributed by atoms with Crippen molar-refractivity contribution in [2.75, 3.05) is 6.61 Å². The molecule has 7 nitrogen and oxygen atoms in total. The Morgan fingerprint density at radius 3 is 2.26 bits per heavy atom. The van der Waals surface area contributed by atoms with E-state index in [1.54, 1.807) is 0 Å². The van der Waals surface area contributed by atoms with Crippen LogP contribution < -0.4 is 20.9 Å². The number of rotatable bonds is 8. The predicted molar refractivity (Wildman–Crippen MR) is 104 cm³/mol. The lowest BCUT2D eigenvalue weighted by atomic mass is 10.0. The van der Waals surface area contributed by atoms with Gasteiger partial charge < -0.3 is 10.1 Å².